The summed E-state index contributed by atoms with van der Waals surface area (Å²) >= 11 is 0. The van der Waals surface area contributed by atoms with Crippen molar-refractivity contribution in [3.63, 3.8) is 0 Å². The van der Waals surface area contributed by atoms with Crippen LogP contribution in [0.3, 0.4) is 0 Å². The van der Waals surface area contributed by atoms with Crippen LogP contribution in [0.4, 0.5) is 4.79 Å². The predicted molar refractivity (Wildman–Crippen MR) is 149 cm³/mol. The molecule has 0 aromatic carbocycles. The molecule has 1 unspecified atom stereocenters. The first-order valence-electron chi connectivity index (χ1n) is 13.7. The number of esters is 1. The van der Waals surface area contributed by atoms with Crippen LogP contribution in [0, 0.1) is 0 Å². The van der Waals surface area contributed by atoms with Crippen LogP contribution in [0.25, 0.3) is 11.0 Å². The van der Waals surface area contributed by atoms with Crippen LogP contribution < -0.4 is 4.74 Å². The van der Waals surface area contributed by atoms with Gasteiger partial charge in [-0.25, -0.2) is 14.7 Å². The van der Waals surface area contributed by atoms with Crippen LogP contribution in [0.15, 0.2) is 72.4 Å². The lowest BCUT2D eigenvalue weighted by Crippen LogP contribution is -2.33. The topological polar surface area (TPSA) is 113 Å². The van der Waals surface area contributed by atoms with Gasteiger partial charge in [-0.3, -0.25) is 9.78 Å². The Morgan fingerprint density at radius 2 is 2.07 bits per heavy atom. The third-order valence-corrected chi connectivity index (χ3v) is 7.20. The molecule has 5 rings (SSSR count). The molecule has 1 aliphatic carbocycles. The largest absolute Gasteiger partial charge is 0.481 e. The standard InChI is InChI=1S/C30H34N4O7/c1-37-26-9-8-24-29(32-26)22(10-14-31-24)11-15-33(17-13-28(35)38-2)16-12-23-18-34(30(36)40-23)27-20-39-19-25(41-27)21-6-4-3-5-7-21/h3-4,6,8-10,14,19-20,23H,5,7,11-13,15-18H2,1-2H3. The van der Waals surface area contributed by atoms with Gasteiger partial charge in [0.25, 0.3) is 0 Å². The molecule has 2 aromatic rings. The van der Waals surface area contributed by atoms with Crippen molar-refractivity contribution in [3.8, 4) is 5.88 Å². The first kappa shape index (κ1) is 28.2. The molecule has 11 heteroatoms. The van der Waals surface area contributed by atoms with E-state index in [0.29, 0.717) is 56.5 Å². The number of pyridine rings is 2. The van der Waals surface area contributed by atoms with E-state index in [0.717, 1.165) is 35.0 Å². The van der Waals surface area contributed by atoms with Crippen LogP contribution in [0.2, 0.25) is 0 Å². The molecule has 1 fully saturated rings. The molecule has 2 aromatic heterocycles. The lowest BCUT2D eigenvalue weighted by Gasteiger charge is -2.24. The molecule has 0 N–H and O–H groups in total. The minimum Gasteiger partial charge on any atom is -0.481 e. The number of nitrogens with zero attached hydrogens (tertiary/aromatic N) is 4. The zero-order valence-corrected chi connectivity index (χ0v) is 23.3. The number of allylic oxidation sites excluding steroid dienone is 4. The van der Waals surface area contributed by atoms with E-state index >= 15 is 0 Å². The molecule has 11 nitrogen and oxygen atoms in total. The fourth-order valence-electron chi connectivity index (χ4n) is 4.90. The number of fused-ring (bicyclic) bond motifs is 1. The van der Waals surface area contributed by atoms with Gasteiger partial charge >= 0.3 is 12.1 Å². The van der Waals surface area contributed by atoms with E-state index in [1.54, 1.807) is 25.6 Å². The summed E-state index contributed by atoms with van der Waals surface area (Å²) in [6.45, 7) is 2.13. The smallest absolute Gasteiger partial charge is 0.417 e. The summed E-state index contributed by atoms with van der Waals surface area (Å²) in [5.41, 5.74) is 3.62. The molecule has 0 saturated carbocycles. The molecule has 4 heterocycles. The Balaban J connectivity index is 1.19. The quantitative estimate of drug-likeness (QED) is 0.349. The van der Waals surface area contributed by atoms with Crippen LogP contribution >= 0.6 is 0 Å². The minimum atomic E-state index is -0.479. The normalized spacial score (nSPS) is 18.3. The van der Waals surface area contributed by atoms with Gasteiger partial charge < -0.3 is 28.6 Å². The number of ether oxygens (including phenoxy) is 5. The molecule has 216 valence electrons. The Morgan fingerprint density at radius 3 is 2.88 bits per heavy atom. The van der Waals surface area contributed by atoms with Crippen molar-refractivity contribution in [2.75, 3.05) is 40.4 Å². The molecular formula is C30H34N4O7. The van der Waals surface area contributed by atoms with Gasteiger partial charge in [-0.15, -0.1) is 0 Å². The van der Waals surface area contributed by atoms with E-state index in [1.807, 2.05) is 24.3 Å². The highest BCUT2D eigenvalue weighted by Crippen LogP contribution is 2.30. The number of aromatic nitrogens is 2. The molecule has 2 aliphatic heterocycles. The SMILES string of the molecule is COC(=O)CCN(CCc1ccnc2ccc(OC)nc12)CCC1CN(C2=COC=C(C3=CC=CCC3)O2)C(=O)O1. The second kappa shape index (κ2) is 13.3. The Kier molecular flexibility index (Phi) is 9.15. The van der Waals surface area contributed by atoms with Crippen molar-refractivity contribution in [1.29, 1.82) is 0 Å². The zero-order valence-electron chi connectivity index (χ0n) is 23.3. The molecule has 0 bridgehead atoms. The van der Waals surface area contributed by atoms with Crippen LogP contribution in [0.5, 0.6) is 5.88 Å². The van der Waals surface area contributed by atoms with E-state index in [4.69, 9.17) is 23.7 Å². The van der Waals surface area contributed by atoms with Crippen molar-refractivity contribution in [1.82, 2.24) is 19.8 Å². The number of hydrogen-bond donors (Lipinski definition) is 0. The third-order valence-electron chi connectivity index (χ3n) is 7.20. The van der Waals surface area contributed by atoms with Gasteiger partial charge in [0.1, 0.15) is 12.4 Å². The summed E-state index contributed by atoms with van der Waals surface area (Å²) in [6.07, 6.45) is 13.3. The Hall–Kier alpha value is -4.38. The van der Waals surface area contributed by atoms with Crippen LogP contribution in [-0.4, -0.2) is 78.3 Å². The van der Waals surface area contributed by atoms with Crippen molar-refractivity contribution >= 4 is 23.1 Å². The number of methoxy groups -OCH3 is 2. The molecule has 41 heavy (non-hydrogen) atoms. The van der Waals surface area contributed by atoms with Gasteiger partial charge in [-0.2, -0.15) is 0 Å². The maximum Gasteiger partial charge on any atom is 0.417 e. The number of carbonyl (C=O) groups is 2. The minimum absolute atomic E-state index is 0.258. The van der Waals surface area contributed by atoms with Crippen molar-refractivity contribution in [3.05, 3.63) is 77.9 Å². The maximum atomic E-state index is 12.7. The molecule has 0 spiro atoms. The molecule has 0 radical (unpaired) electrons. The molecule has 1 amide bonds. The first-order valence-corrected chi connectivity index (χ1v) is 13.7. The fraction of sp³-hybridized carbons (Fsp3) is 0.400. The highest BCUT2D eigenvalue weighted by Gasteiger charge is 2.36. The van der Waals surface area contributed by atoms with Gasteiger partial charge in [-0.05, 0) is 49.0 Å². The lowest BCUT2D eigenvalue weighted by atomic mass is 10.0. The molecule has 1 atom stereocenters. The van der Waals surface area contributed by atoms with Crippen molar-refractivity contribution < 1.29 is 33.3 Å². The van der Waals surface area contributed by atoms with E-state index in [9.17, 15) is 9.59 Å². The van der Waals surface area contributed by atoms with Gasteiger partial charge in [0.2, 0.25) is 11.8 Å². The van der Waals surface area contributed by atoms with Crippen LogP contribution in [-0.2, 0) is 30.2 Å². The second-order valence-corrected chi connectivity index (χ2v) is 9.85. The van der Waals surface area contributed by atoms with Gasteiger partial charge in [0, 0.05) is 31.9 Å². The molecule has 1 saturated heterocycles. The summed E-state index contributed by atoms with van der Waals surface area (Å²) in [7, 11) is 2.97. The molecule has 3 aliphatic rings. The van der Waals surface area contributed by atoms with Gasteiger partial charge in [-0.1, -0.05) is 18.2 Å². The maximum absolute atomic E-state index is 12.7. The summed E-state index contributed by atoms with van der Waals surface area (Å²) in [6, 6.07) is 5.63. The monoisotopic (exact) mass is 562 g/mol. The van der Waals surface area contributed by atoms with E-state index < -0.39 is 6.09 Å². The Labute approximate surface area is 238 Å². The lowest BCUT2D eigenvalue weighted by molar-refractivity contribution is -0.141. The number of hydrogen-bond acceptors (Lipinski definition) is 10. The number of amides is 1. The second-order valence-electron chi connectivity index (χ2n) is 9.85. The zero-order chi connectivity index (χ0) is 28.6. The molecular weight excluding hydrogens is 528 g/mol. The number of carbonyl (C=O) groups excluding carboxylic acids is 2. The number of cyclic esters (lactones) is 1. The van der Waals surface area contributed by atoms with Crippen LogP contribution in [0.1, 0.15) is 31.2 Å². The van der Waals surface area contributed by atoms with E-state index in [2.05, 4.69) is 20.9 Å². The Morgan fingerprint density at radius 1 is 1.17 bits per heavy atom. The summed E-state index contributed by atoms with van der Waals surface area (Å²) in [5.74, 6) is 1.15. The average molecular weight is 563 g/mol. The highest BCUT2D eigenvalue weighted by molar-refractivity contribution is 5.78. The fourth-order valence-corrected chi connectivity index (χ4v) is 4.90. The van der Waals surface area contributed by atoms with E-state index in [1.165, 1.54) is 18.3 Å². The van der Waals surface area contributed by atoms with E-state index in [-0.39, 0.29) is 18.5 Å². The summed E-state index contributed by atoms with van der Waals surface area (Å²) < 4.78 is 27.3. The summed E-state index contributed by atoms with van der Waals surface area (Å²) in [5, 5.41) is 0. The average Bonchev–Trinajstić information content (AvgIpc) is 3.40. The summed E-state index contributed by atoms with van der Waals surface area (Å²) in [4.78, 5) is 37.3. The highest BCUT2D eigenvalue weighted by atomic mass is 16.6. The number of rotatable bonds is 12. The van der Waals surface area contributed by atoms with Crippen molar-refractivity contribution in [2.24, 2.45) is 0 Å². The third kappa shape index (κ3) is 7.04. The van der Waals surface area contributed by atoms with Crippen molar-refractivity contribution in [2.45, 2.75) is 38.2 Å². The predicted octanol–water partition coefficient (Wildman–Crippen LogP) is 4.22. The Bertz CT molecular complexity index is 1400. The van der Waals surface area contributed by atoms with Gasteiger partial charge in [0.05, 0.1) is 38.2 Å². The van der Waals surface area contributed by atoms with Gasteiger partial charge in [0.15, 0.2) is 12.0 Å². The first-order chi connectivity index (χ1) is 20.0.